The molecule has 1 amide bonds. The first-order valence-corrected chi connectivity index (χ1v) is 9.13. The zero-order chi connectivity index (χ0) is 19.4. The molecular formula is C19H17IN4O3. The molecule has 3 rings (SSSR count). The molecule has 1 heterocycles. The molecule has 0 fully saturated rings. The minimum Gasteiger partial charge on any atom is -0.496 e. The third kappa shape index (κ3) is 4.11. The number of hydrazone groups is 1. The molecule has 1 aromatic heterocycles. The lowest BCUT2D eigenvalue weighted by Gasteiger charge is -2.05. The summed E-state index contributed by atoms with van der Waals surface area (Å²) in [7, 11) is 1.55. The lowest BCUT2D eigenvalue weighted by Crippen LogP contribution is -2.20. The number of aryl methyl sites for hydroxylation is 1. The van der Waals surface area contributed by atoms with E-state index in [0.29, 0.717) is 22.6 Å². The van der Waals surface area contributed by atoms with Crippen molar-refractivity contribution in [3.05, 3.63) is 79.3 Å². The van der Waals surface area contributed by atoms with Gasteiger partial charge in [-0.15, -0.1) is 0 Å². The van der Waals surface area contributed by atoms with Crippen LogP contribution in [0, 0.1) is 10.5 Å². The Kier molecular flexibility index (Phi) is 5.75. The highest BCUT2D eigenvalue weighted by molar-refractivity contribution is 14.1. The van der Waals surface area contributed by atoms with Crippen molar-refractivity contribution in [3.63, 3.8) is 0 Å². The fourth-order valence-electron chi connectivity index (χ4n) is 2.49. The molecule has 0 bridgehead atoms. The summed E-state index contributed by atoms with van der Waals surface area (Å²) in [5.74, 6) is 0.219. The van der Waals surface area contributed by atoms with Gasteiger partial charge in [-0.3, -0.25) is 14.7 Å². The first-order chi connectivity index (χ1) is 13.0. The molecule has 7 nitrogen and oxygen atoms in total. The fourth-order valence-corrected chi connectivity index (χ4v) is 3.05. The van der Waals surface area contributed by atoms with Crippen LogP contribution in [0.25, 0.3) is 5.69 Å². The van der Waals surface area contributed by atoms with E-state index in [9.17, 15) is 9.59 Å². The van der Waals surface area contributed by atoms with Gasteiger partial charge in [0, 0.05) is 11.3 Å². The Balaban J connectivity index is 1.78. The number of para-hydroxylation sites is 1. The molecule has 2 aromatic carbocycles. The topological polar surface area (TPSA) is 88.5 Å². The van der Waals surface area contributed by atoms with Crippen LogP contribution in [-0.4, -0.2) is 29.0 Å². The second-order valence-electron chi connectivity index (χ2n) is 5.68. The Bertz CT molecular complexity index is 1050. The fraction of sp³-hybridized carbons (Fsp3) is 0.105. The average molecular weight is 476 g/mol. The molecule has 138 valence electrons. The average Bonchev–Trinajstić information content (AvgIpc) is 2.97. The number of nitrogens with zero attached hydrogens (tertiary/aromatic N) is 2. The summed E-state index contributed by atoms with van der Waals surface area (Å²) >= 11 is 2.12. The first-order valence-electron chi connectivity index (χ1n) is 8.05. The summed E-state index contributed by atoms with van der Waals surface area (Å²) in [6.07, 6.45) is 1.34. The van der Waals surface area contributed by atoms with Gasteiger partial charge in [-0.05, 0) is 59.8 Å². The number of aromatic nitrogens is 2. The van der Waals surface area contributed by atoms with E-state index in [1.54, 1.807) is 32.2 Å². The molecule has 27 heavy (non-hydrogen) atoms. The molecule has 3 aromatic rings. The number of ether oxygens (including phenoxy) is 1. The minimum atomic E-state index is -0.391. The Morgan fingerprint density at radius 1 is 1.26 bits per heavy atom. The number of methoxy groups -OCH3 is 1. The largest absolute Gasteiger partial charge is 0.496 e. The van der Waals surface area contributed by atoms with Gasteiger partial charge in [-0.25, -0.2) is 10.1 Å². The van der Waals surface area contributed by atoms with Crippen LogP contribution in [-0.2, 0) is 0 Å². The van der Waals surface area contributed by atoms with Crippen molar-refractivity contribution in [2.45, 2.75) is 6.92 Å². The van der Waals surface area contributed by atoms with E-state index in [2.05, 4.69) is 38.2 Å². The van der Waals surface area contributed by atoms with Gasteiger partial charge in [-0.2, -0.15) is 5.10 Å². The Morgan fingerprint density at radius 2 is 2.00 bits per heavy atom. The standard InChI is InChI=1S/C19H17IN4O3/c1-12-15(19(26)24(23-12)14-6-4-3-5-7-14)11-21-22-18(25)13-8-9-16(20)17(10-13)27-2/h3-11,23H,1-2H3,(H,22,25)/b21-11+. The van der Waals surface area contributed by atoms with Gasteiger partial charge >= 0.3 is 0 Å². The Hall–Kier alpha value is -2.88. The number of nitrogens with one attached hydrogen (secondary N) is 2. The van der Waals surface area contributed by atoms with Crippen molar-refractivity contribution in [1.82, 2.24) is 15.2 Å². The van der Waals surface area contributed by atoms with Gasteiger partial charge in [0.15, 0.2) is 0 Å². The lowest BCUT2D eigenvalue weighted by molar-refractivity contribution is 0.0954. The summed E-state index contributed by atoms with van der Waals surface area (Å²) in [5, 5.41) is 6.93. The van der Waals surface area contributed by atoms with Crippen LogP contribution in [0.5, 0.6) is 5.75 Å². The van der Waals surface area contributed by atoms with Crippen LogP contribution in [0.1, 0.15) is 21.6 Å². The molecule has 0 spiro atoms. The summed E-state index contributed by atoms with van der Waals surface area (Å²) in [4.78, 5) is 24.8. The van der Waals surface area contributed by atoms with Crippen LogP contribution < -0.4 is 15.7 Å². The van der Waals surface area contributed by atoms with Crippen molar-refractivity contribution >= 4 is 34.7 Å². The third-order valence-corrected chi connectivity index (χ3v) is 4.80. The maximum Gasteiger partial charge on any atom is 0.280 e. The molecule has 0 saturated heterocycles. The second kappa shape index (κ2) is 8.21. The molecule has 0 aliphatic heterocycles. The van der Waals surface area contributed by atoms with E-state index in [0.717, 1.165) is 9.26 Å². The van der Waals surface area contributed by atoms with Crippen molar-refractivity contribution in [2.24, 2.45) is 5.10 Å². The van der Waals surface area contributed by atoms with E-state index in [-0.39, 0.29) is 5.56 Å². The summed E-state index contributed by atoms with van der Waals surface area (Å²) < 4.78 is 7.55. The van der Waals surface area contributed by atoms with E-state index >= 15 is 0 Å². The van der Waals surface area contributed by atoms with Gasteiger partial charge in [0.25, 0.3) is 11.5 Å². The number of hydrogen-bond acceptors (Lipinski definition) is 4. The van der Waals surface area contributed by atoms with Crippen LogP contribution in [0.3, 0.4) is 0 Å². The predicted molar refractivity (Wildman–Crippen MR) is 112 cm³/mol. The van der Waals surface area contributed by atoms with Crippen LogP contribution >= 0.6 is 22.6 Å². The lowest BCUT2D eigenvalue weighted by atomic mass is 10.2. The van der Waals surface area contributed by atoms with Crippen LogP contribution in [0.4, 0.5) is 0 Å². The van der Waals surface area contributed by atoms with Gasteiger partial charge in [0.05, 0.1) is 28.1 Å². The highest BCUT2D eigenvalue weighted by atomic mass is 127. The normalized spacial score (nSPS) is 10.9. The van der Waals surface area contributed by atoms with Crippen molar-refractivity contribution in [2.75, 3.05) is 7.11 Å². The second-order valence-corrected chi connectivity index (χ2v) is 6.84. The molecule has 0 radical (unpaired) electrons. The molecular weight excluding hydrogens is 459 g/mol. The summed E-state index contributed by atoms with van der Waals surface area (Å²) in [6, 6.07) is 14.3. The molecule has 0 aliphatic carbocycles. The number of H-pyrrole nitrogens is 1. The van der Waals surface area contributed by atoms with E-state index < -0.39 is 5.91 Å². The zero-order valence-electron chi connectivity index (χ0n) is 14.7. The maximum atomic E-state index is 12.6. The van der Waals surface area contributed by atoms with Gasteiger partial charge in [0.2, 0.25) is 0 Å². The zero-order valence-corrected chi connectivity index (χ0v) is 16.9. The van der Waals surface area contributed by atoms with E-state index in [1.807, 2.05) is 30.3 Å². The number of hydrogen-bond donors (Lipinski definition) is 2. The van der Waals surface area contributed by atoms with Crippen molar-refractivity contribution in [3.8, 4) is 11.4 Å². The number of carbonyl (C=O) groups is 1. The minimum absolute atomic E-state index is 0.243. The molecule has 0 atom stereocenters. The monoisotopic (exact) mass is 476 g/mol. The van der Waals surface area contributed by atoms with E-state index in [1.165, 1.54) is 10.9 Å². The molecule has 0 saturated carbocycles. The number of rotatable bonds is 5. The number of carbonyl (C=O) groups excluding carboxylic acids is 1. The molecule has 0 aliphatic rings. The third-order valence-electron chi connectivity index (χ3n) is 3.90. The van der Waals surface area contributed by atoms with Crippen molar-refractivity contribution in [1.29, 1.82) is 0 Å². The summed E-state index contributed by atoms with van der Waals surface area (Å²) in [5.41, 5.74) is 4.35. The Labute approximate surface area is 169 Å². The highest BCUT2D eigenvalue weighted by Crippen LogP contribution is 2.21. The quantitative estimate of drug-likeness (QED) is 0.337. The summed E-state index contributed by atoms with van der Waals surface area (Å²) in [6.45, 7) is 1.77. The Morgan fingerprint density at radius 3 is 2.70 bits per heavy atom. The van der Waals surface area contributed by atoms with Crippen LogP contribution in [0.2, 0.25) is 0 Å². The molecule has 0 unspecified atom stereocenters. The SMILES string of the molecule is COc1cc(C(=O)N/N=C/c2c(C)[nH]n(-c3ccccc3)c2=O)ccc1I. The van der Waals surface area contributed by atoms with E-state index in [4.69, 9.17) is 4.74 Å². The molecule has 2 N–H and O–H groups in total. The van der Waals surface area contributed by atoms with Crippen molar-refractivity contribution < 1.29 is 9.53 Å². The number of halogens is 1. The molecule has 8 heteroatoms. The predicted octanol–water partition coefficient (Wildman–Crippen LogP) is 2.85. The van der Waals surface area contributed by atoms with Crippen LogP contribution in [0.15, 0.2) is 58.4 Å². The number of benzene rings is 2. The maximum absolute atomic E-state index is 12.6. The number of amides is 1. The van der Waals surface area contributed by atoms with Gasteiger partial charge in [-0.1, -0.05) is 18.2 Å². The van der Waals surface area contributed by atoms with Gasteiger partial charge in [0.1, 0.15) is 5.75 Å². The first kappa shape index (κ1) is 18.9. The van der Waals surface area contributed by atoms with Gasteiger partial charge < -0.3 is 4.74 Å². The highest BCUT2D eigenvalue weighted by Gasteiger charge is 2.11. The number of aromatic amines is 1. The smallest absolute Gasteiger partial charge is 0.280 e.